The lowest BCUT2D eigenvalue weighted by molar-refractivity contribution is 0.232. The van der Waals surface area contributed by atoms with Gasteiger partial charge in [-0.25, -0.2) is 9.97 Å². The van der Waals surface area contributed by atoms with E-state index in [1.54, 1.807) is 24.7 Å². The predicted molar refractivity (Wildman–Crippen MR) is 65.4 cm³/mol. The number of hydrogen-bond acceptors (Lipinski definition) is 5. The quantitative estimate of drug-likeness (QED) is 0.871. The molecule has 0 aliphatic carbocycles. The van der Waals surface area contributed by atoms with Crippen LogP contribution in [-0.4, -0.2) is 21.1 Å². The average molecular weight is 230 g/mol. The lowest BCUT2D eigenvalue weighted by atomic mass is 10.2. The first-order valence-electron chi connectivity index (χ1n) is 5.36. The van der Waals surface area contributed by atoms with Crippen molar-refractivity contribution >= 4 is 5.82 Å². The van der Waals surface area contributed by atoms with Gasteiger partial charge in [-0.1, -0.05) is 0 Å². The van der Waals surface area contributed by atoms with E-state index >= 15 is 0 Å². The molecule has 0 aromatic carbocycles. The standard InChI is InChI=1S/C12H14N4O/c1-8(2)17-12-7-14-6-10(16-12)9-3-4-11(13)15-5-9/h3-8H,1-2H3,(H2,13,15). The van der Waals surface area contributed by atoms with Crippen LogP contribution in [0.1, 0.15) is 13.8 Å². The van der Waals surface area contributed by atoms with Crippen molar-refractivity contribution in [1.82, 2.24) is 15.0 Å². The van der Waals surface area contributed by atoms with Gasteiger partial charge in [-0.3, -0.25) is 4.98 Å². The Morgan fingerprint density at radius 3 is 2.65 bits per heavy atom. The smallest absolute Gasteiger partial charge is 0.233 e. The predicted octanol–water partition coefficient (Wildman–Crippen LogP) is 1.91. The highest BCUT2D eigenvalue weighted by Crippen LogP contribution is 2.18. The van der Waals surface area contributed by atoms with Crippen molar-refractivity contribution in [3.63, 3.8) is 0 Å². The maximum atomic E-state index is 5.53. The maximum Gasteiger partial charge on any atom is 0.233 e. The Morgan fingerprint density at radius 2 is 2.00 bits per heavy atom. The lowest BCUT2D eigenvalue weighted by Crippen LogP contribution is -2.07. The molecule has 0 spiro atoms. The molecule has 0 radical (unpaired) electrons. The second-order valence-corrected chi connectivity index (χ2v) is 3.88. The fourth-order valence-corrected chi connectivity index (χ4v) is 1.34. The number of nitrogen functional groups attached to an aromatic ring is 1. The Kier molecular flexibility index (Phi) is 3.18. The van der Waals surface area contributed by atoms with Crippen molar-refractivity contribution in [3.8, 4) is 17.1 Å². The monoisotopic (exact) mass is 230 g/mol. The van der Waals surface area contributed by atoms with Gasteiger partial charge in [0, 0.05) is 11.8 Å². The number of ether oxygens (including phenoxy) is 1. The zero-order chi connectivity index (χ0) is 12.3. The summed E-state index contributed by atoms with van der Waals surface area (Å²) in [5.41, 5.74) is 7.11. The number of nitrogens with two attached hydrogens (primary N) is 1. The third-order valence-electron chi connectivity index (χ3n) is 2.05. The normalized spacial score (nSPS) is 10.5. The molecule has 17 heavy (non-hydrogen) atoms. The van der Waals surface area contributed by atoms with Gasteiger partial charge in [0.05, 0.1) is 24.2 Å². The summed E-state index contributed by atoms with van der Waals surface area (Å²) in [6, 6.07) is 3.58. The molecule has 2 aromatic rings. The molecule has 88 valence electrons. The van der Waals surface area contributed by atoms with Crippen LogP contribution in [0.15, 0.2) is 30.7 Å². The number of hydrogen-bond donors (Lipinski definition) is 1. The highest BCUT2D eigenvalue weighted by atomic mass is 16.5. The maximum absolute atomic E-state index is 5.53. The van der Waals surface area contributed by atoms with Crippen LogP contribution < -0.4 is 10.5 Å². The second kappa shape index (κ2) is 4.78. The van der Waals surface area contributed by atoms with E-state index in [0.717, 1.165) is 11.3 Å². The Hall–Kier alpha value is -2.17. The Morgan fingerprint density at radius 1 is 1.18 bits per heavy atom. The van der Waals surface area contributed by atoms with Gasteiger partial charge in [-0.2, -0.15) is 0 Å². The second-order valence-electron chi connectivity index (χ2n) is 3.88. The first kappa shape index (κ1) is 11.3. The summed E-state index contributed by atoms with van der Waals surface area (Å²) in [5.74, 6) is 0.991. The molecule has 5 heteroatoms. The van der Waals surface area contributed by atoms with Gasteiger partial charge in [0.2, 0.25) is 5.88 Å². The van der Waals surface area contributed by atoms with E-state index in [4.69, 9.17) is 10.5 Å². The van der Waals surface area contributed by atoms with E-state index in [1.165, 1.54) is 0 Å². The fourth-order valence-electron chi connectivity index (χ4n) is 1.34. The van der Waals surface area contributed by atoms with Crippen molar-refractivity contribution in [1.29, 1.82) is 0 Å². The first-order valence-corrected chi connectivity index (χ1v) is 5.36. The molecule has 0 bridgehead atoms. The first-order chi connectivity index (χ1) is 8.15. The molecule has 0 amide bonds. The molecule has 0 saturated heterocycles. The van der Waals surface area contributed by atoms with E-state index < -0.39 is 0 Å². The molecule has 2 heterocycles. The van der Waals surface area contributed by atoms with Crippen molar-refractivity contribution in [2.24, 2.45) is 0 Å². The summed E-state index contributed by atoms with van der Waals surface area (Å²) in [5, 5.41) is 0. The van der Waals surface area contributed by atoms with Crippen molar-refractivity contribution in [3.05, 3.63) is 30.7 Å². The van der Waals surface area contributed by atoms with Gasteiger partial charge in [0.25, 0.3) is 0 Å². The number of nitrogens with zero attached hydrogens (tertiary/aromatic N) is 3. The minimum absolute atomic E-state index is 0.0732. The van der Waals surface area contributed by atoms with Crippen LogP contribution in [0.25, 0.3) is 11.3 Å². The highest BCUT2D eigenvalue weighted by molar-refractivity contribution is 5.58. The molecule has 2 aromatic heterocycles. The Balaban J connectivity index is 2.29. The summed E-state index contributed by atoms with van der Waals surface area (Å²) in [6.07, 6.45) is 5.00. The molecule has 2 rings (SSSR count). The fraction of sp³-hybridized carbons (Fsp3) is 0.250. The van der Waals surface area contributed by atoms with Crippen LogP contribution >= 0.6 is 0 Å². The lowest BCUT2D eigenvalue weighted by Gasteiger charge is -2.09. The molecule has 0 fully saturated rings. The number of anilines is 1. The molecule has 0 aliphatic rings. The summed E-state index contributed by atoms with van der Waals surface area (Å²) in [7, 11) is 0. The number of pyridine rings is 1. The summed E-state index contributed by atoms with van der Waals surface area (Å²) in [6.45, 7) is 3.89. The van der Waals surface area contributed by atoms with Crippen LogP contribution in [0.3, 0.4) is 0 Å². The van der Waals surface area contributed by atoms with E-state index in [9.17, 15) is 0 Å². The molecule has 0 unspecified atom stereocenters. The summed E-state index contributed by atoms with van der Waals surface area (Å²) >= 11 is 0. The molecular weight excluding hydrogens is 216 g/mol. The third kappa shape index (κ3) is 2.90. The molecule has 0 aliphatic heterocycles. The minimum Gasteiger partial charge on any atom is -0.474 e. The number of rotatable bonds is 3. The van der Waals surface area contributed by atoms with Gasteiger partial charge in [-0.15, -0.1) is 0 Å². The van der Waals surface area contributed by atoms with E-state index in [1.807, 2.05) is 19.9 Å². The topological polar surface area (TPSA) is 73.9 Å². The van der Waals surface area contributed by atoms with E-state index in [0.29, 0.717) is 11.7 Å². The molecule has 0 saturated carbocycles. The van der Waals surface area contributed by atoms with Crippen LogP contribution in [0, 0.1) is 0 Å². The molecule has 2 N–H and O–H groups in total. The highest BCUT2D eigenvalue weighted by Gasteiger charge is 2.04. The zero-order valence-corrected chi connectivity index (χ0v) is 9.79. The van der Waals surface area contributed by atoms with Crippen LogP contribution in [-0.2, 0) is 0 Å². The Bertz CT molecular complexity index is 496. The van der Waals surface area contributed by atoms with E-state index in [-0.39, 0.29) is 6.10 Å². The van der Waals surface area contributed by atoms with Crippen molar-refractivity contribution in [2.75, 3.05) is 5.73 Å². The third-order valence-corrected chi connectivity index (χ3v) is 2.05. The van der Waals surface area contributed by atoms with Gasteiger partial charge < -0.3 is 10.5 Å². The minimum atomic E-state index is 0.0732. The van der Waals surface area contributed by atoms with Gasteiger partial charge in [-0.05, 0) is 26.0 Å². The molecular formula is C12H14N4O. The molecule has 5 nitrogen and oxygen atoms in total. The largest absolute Gasteiger partial charge is 0.474 e. The van der Waals surface area contributed by atoms with Crippen LogP contribution in [0.4, 0.5) is 5.82 Å². The van der Waals surface area contributed by atoms with Crippen molar-refractivity contribution < 1.29 is 4.74 Å². The van der Waals surface area contributed by atoms with Gasteiger partial charge in [0.15, 0.2) is 0 Å². The summed E-state index contributed by atoms with van der Waals surface area (Å²) < 4.78 is 5.48. The zero-order valence-electron chi connectivity index (χ0n) is 9.79. The molecule has 0 atom stereocenters. The van der Waals surface area contributed by atoms with Crippen molar-refractivity contribution in [2.45, 2.75) is 20.0 Å². The number of aromatic nitrogens is 3. The van der Waals surface area contributed by atoms with Gasteiger partial charge in [0.1, 0.15) is 5.82 Å². The average Bonchev–Trinajstić information content (AvgIpc) is 2.29. The van der Waals surface area contributed by atoms with Gasteiger partial charge >= 0.3 is 0 Å². The SMILES string of the molecule is CC(C)Oc1cncc(-c2ccc(N)nc2)n1. The van der Waals surface area contributed by atoms with E-state index in [2.05, 4.69) is 15.0 Å². The van der Waals surface area contributed by atoms with Crippen LogP contribution in [0.5, 0.6) is 5.88 Å². The summed E-state index contributed by atoms with van der Waals surface area (Å²) in [4.78, 5) is 12.5. The Labute approximate surface area is 99.7 Å². The van der Waals surface area contributed by atoms with Crippen LogP contribution in [0.2, 0.25) is 0 Å².